The summed E-state index contributed by atoms with van der Waals surface area (Å²) in [7, 11) is 0. The van der Waals surface area contributed by atoms with E-state index in [0.29, 0.717) is 0 Å². The normalized spacial score (nSPS) is 11.8. The predicted octanol–water partition coefficient (Wildman–Crippen LogP) is 6.85. The highest BCUT2D eigenvalue weighted by atomic mass is 15.2. The van der Waals surface area contributed by atoms with Crippen LogP contribution in [0.5, 0.6) is 0 Å². The van der Waals surface area contributed by atoms with Crippen molar-refractivity contribution in [3.05, 3.63) is 82.5 Å². The largest absolute Gasteiger partial charge is 0.232 e. The van der Waals surface area contributed by atoms with Gasteiger partial charge in [0.25, 0.3) is 0 Å². The lowest BCUT2D eigenvalue weighted by molar-refractivity contribution is 0.974. The molecule has 0 N–H and O–H groups in total. The standard InChI is InChI=1S/C26H24N2/c1-15-12-17(3)24(18(4)13-15)20-10-7-11-22-26(20)21-9-6-8-16(2)25(21)23-14-19(5)27-28(22)23/h6-14H,1-5H3. The van der Waals surface area contributed by atoms with Crippen LogP contribution in [-0.2, 0) is 0 Å². The number of aryl methyl sites for hydroxylation is 5. The first kappa shape index (κ1) is 17.0. The molecule has 0 unspecified atom stereocenters. The van der Waals surface area contributed by atoms with E-state index in [4.69, 9.17) is 5.10 Å². The lowest BCUT2D eigenvalue weighted by Crippen LogP contribution is -1.97. The second kappa shape index (κ2) is 5.93. The molecule has 0 fully saturated rings. The van der Waals surface area contributed by atoms with Crippen LogP contribution in [0.25, 0.3) is 38.3 Å². The zero-order valence-electron chi connectivity index (χ0n) is 17.1. The molecule has 5 aromatic rings. The smallest absolute Gasteiger partial charge is 0.0752 e. The maximum Gasteiger partial charge on any atom is 0.0752 e. The number of hydrogen-bond acceptors (Lipinski definition) is 1. The van der Waals surface area contributed by atoms with Gasteiger partial charge in [-0.15, -0.1) is 0 Å². The van der Waals surface area contributed by atoms with Gasteiger partial charge in [0.2, 0.25) is 0 Å². The average Bonchev–Trinajstić information content (AvgIpc) is 3.02. The summed E-state index contributed by atoms with van der Waals surface area (Å²) < 4.78 is 2.13. The van der Waals surface area contributed by atoms with Gasteiger partial charge in [-0.3, -0.25) is 0 Å². The van der Waals surface area contributed by atoms with Crippen molar-refractivity contribution in [1.82, 2.24) is 9.61 Å². The Labute approximate surface area is 165 Å². The summed E-state index contributed by atoms with van der Waals surface area (Å²) in [5, 5.41) is 8.73. The van der Waals surface area contributed by atoms with E-state index < -0.39 is 0 Å². The van der Waals surface area contributed by atoms with E-state index in [0.717, 1.165) is 11.2 Å². The van der Waals surface area contributed by atoms with Gasteiger partial charge in [0.05, 0.1) is 16.7 Å². The summed E-state index contributed by atoms with van der Waals surface area (Å²) >= 11 is 0. The first-order chi connectivity index (χ1) is 13.5. The van der Waals surface area contributed by atoms with Crippen molar-refractivity contribution in [3.63, 3.8) is 0 Å². The van der Waals surface area contributed by atoms with Crippen LogP contribution in [0.2, 0.25) is 0 Å². The van der Waals surface area contributed by atoms with Crippen molar-refractivity contribution < 1.29 is 0 Å². The van der Waals surface area contributed by atoms with E-state index >= 15 is 0 Å². The van der Waals surface area contributed by atoms with E-state index in [1.807, 2.05) is 0 Å². The Kier molecular flexibility index (Phi) is 3.60. The Morgan fingerprint density at radius 1 is 0.679 bits per heavy atom. The van der Waals surface area contributed by atoms with Crippen LogP contribution < -0.4 is 0 Å². The lowest BCUT2D eigenvalue weighted by atomic mass is 9.89. The molecule has 0 radical (unpaired) electrons. The summed E-state index contributed by atoms with van der Waals surface area (Å²) in [6.07, 6.45) is 0. The Morgan fingerprint density at radius 2 is 1.39 bits per heavy atom. The Hall–Kier alpha value is -3.13. The third-order valence-corrected chi connectivity index (χ3v) is 5.85. The molecule has 28 heavy (non-hydrogen) atoms. The second-order valence-electron chi connectivity index (χ2n) is 8.05. The van der Waals surface area contributed by atoms with Gasteiger partial charge >= 0.3 is 0 Å². The van der Waals surface area contributed by atoms with E-state index in [1.165, 1.54) is 55.1 Å². The first-order valence-corrected chi connectivity index (χ1v) is 9.84. The van der Waals surface area contributed by atoms with Gasteiger partial charge in [-0.2, -0.15) is 5.10 Å². The highest BCUT2D eigenvalue weighted by Gasteiger charge is 2.17. The summed E-state index contributed by atoms with van der Waals surface area (Å²) in [5.41, 5.74) is 11.3. The number of pyridine rings is 1. The summed E-state index contributed by atoms with van der Waals surface area (Å²) in [6, 6.07) is 20.0. The molecule has 138 valence electrons. The van der Waals surface area contributed by atoms with Crippen molar-refractivity contribution in [2.24, 2.45) is 0 Å². The number of benzene rings is 3. The fourth-order valence-electron chi connectivity index (χ4n) is 4.89. The molecule has 3 aromatic carbocycles. The molecular formula is C26H24N2. The van der Waals surface area contributed by atoms with Crippen LogP contribution in [0.1, 0.15) is 27.9 Å². The van der Waals surface area contributed by atoms with Gasteiger partial charge in [0.1, 0.15) is 0 Å². The first-order valence-electron chi connectivity index (χ1n) is 9.84. The lowest BCUT2D eigenvalue weighted by Gasteiger charge is -2.17. The van der Waals surface area contributed by atoms with Gasteiger partial charge in [0, 0.05) is 10.8 Å². The molecule has 0 atom stereocenters. The number of nitrogens with zero attached hydrogens (tertiary/aromatic N) is 2. The summed E-state index contributed by atoms with van der Waals surface area (Å²) in [4.78, 5) is 0. The van der Waals surface area contributed by atoms with E-state index in [1.54, 1.807) is 0 Å². The monoisotopic (exact) mass is 364 g/mol. The van der Waals surface area contributed by atoms with Crippen molar-refractivity contribution in [3.8, 4) is 11.1 Å². The van der Waals surface area contributed by atoms with E-state index in [2.05, 4.69) is 93.7 Å². The third-order valence-electron chi connectivity index (χ3n) is 5.85. The second-order valence-corrected chi connectivity index (χ2v) is 8.05. The fraction of sp³-hybridized carbons (Fsp3) is 0.192. The molecule has 0 aliphatic heterocycles. The van der Waals surface area contributed by atoms with Gasteiger partial charge in [-0.25, -0.2) is 4.52 Å². The highest BCUT2D eigenvalue weighted by molar-refractivity contribution is 6.18. The minimum Gasteiger partial charge on any atom is -0.232 e. The minimum atomic E-state index is 1.05. The van der Waals surface area contributed by atoms with Crippen molar-refractivity contribution in [1.29, 1.82) is 0 Å². The van der Waals surface area contributed by atoms with E-state index in [9.17, 15) is 0 Å². The number of hydrogen-bond donors (Lipinski definition) is 0. The molecule has 0 aliphatic rings. The van der Waals surface area contributed by atoms with Crippen LogP contribution in [0.3, 0.4) is 0 Å². The number of fused-ring (bicyclic) bond motifs is 6. The van der Waals surface area contributed by atoms with Gasteiger partial charge in [0.15, 0.2) is 0 Å². The molecule has 0 spiro atoms. The number of rotatable bonds is 1. The molecular weight excluding hydrogens is 340 g/mol. The van der Waals surface area contributed by atoms with Crippen LogP contribution in [0.4, 0.5) is 0 Å². The molecule has 2 nitrogen and oxygen atoms in total. The molecule has 2 aromatic heterocycles. The number of aromatic nitrogens is 2. The Morgan fingerprint density at radius 3 is 2.14 bits per heavy atom. The molecule has 0 amide bonds. The SMILES string of the molecule is Cc1cc(C)c(-c2cccc3c2c2cccc(C)c2c2cc(C)nn23)c(C)c1. The van der Waals surface area contributed by atoms with Crippen LogP contribution >= 0.6 is 0 Å². The molecule has 0 saturated carbocycles. The maximum absolute atomic E-state index is 4.84. The molecule has 0 bridgehead atoms. The molecule has 0 saturated heterocycles. The third kappa shape index (κ3) is 2.31. The minimum absolute atomic E-state index is 1.05. The van der Waals surface area contributed by atoms with Crippen LogP contribution in [0.15, 0.2) is 54.6 Å². The Bertz CT molecular complexity index is 1380. The molecule has 5 rings (SSSR count). The molecule has 2 heterocycles. The molecule has 2 heteroatoms. The topological polar surface area (TPSA) is 17.3 Å². The van der Waals surface area contributed by atoms with Crippen molar-refractivity contribution in [2.75, 3.05) is 0 Å². The zero-order valence-corrected chi connectivity index (χ0v) is 17.1. The zero-order chi connectivity index (χ0) is 19.6. The maximum atomic E-state index is 4.84. The molecule has 0 aliphatic carbocycles. The van der Waals surface area contributed by atoms with Crippen LogP contribution in [-0.4, -0.2) is 9.61 Å². The average molecular weight is 364 g/mol. The van der Waals surface area contributed by atoms with Crippen molar-refractivity contribution >= 4 is 27.2 Å². The van der Waals surface area contributed by atoms with E-state index in [-0.39, 0.29) is 0 Å². The van der Waals surface area contributed by atoms with Gasteiger partial charge < -0.3 is 0 Å². The van der Waals surface area contributed by atoms with Gasteiger partial charge in [-0.1, -0.05) is 48.0 Å². The quantitative estimate of drug-likeness (QED) is 0.297. The van der Waals surface area contributed by atoms with Gasteiger partial charge in [-0.05, 0) is 80.0 Å². The highest BCUT2D eigenvalue weighted by Crippen LogP contribution is 2.39. The Balaban J connectivity index is 2.08. The summed E-state index contributed by atoms with van der Waals surface area (Å²) in [6.45, 7) is 10.9. The van der Waals surface area contributed by atoms with Crippen LogP contribution in [0, 0.1) is 34.6 Å². The summed E-state index contributed by atoms with van der Waals surface area (Å²) in [5.74, 6) is 0. The van der Waals surface area contributed by atoms with Crippen molar-refractivity contribution in [2.45, 2.75) is 34.6 Å². The predicted molar refractivity (Wildman–Crippen MR) is 119 cm³/mol. The fourth-order valence-corrected chi connectivity index (χ4v) is 4.89.